The van der Waals surface area contributed by atoms with Crippen LogP contribution in [-0.4, -0.2) is 18.7 Å². The Balaban J connectivity index is 1.98. The third-order valence-corrected chi connectivity index (χ3v) is 3.53. The van der Waals surface area contributed by atoms with Crippen LogP contribution in [0.25, 0.3) is 0 Å². The highest BCUT2D eigenvalue weighted by atomic mass is 35.5. The Labute approximate surface area is 129 Å². The molecule has 0 aliphatic carbocycles. The SMILES string of the molecule is C=CC1COC(=Nc2ccccc2)N1c1ccc(Cl)cc1. The molecule has 4 heteroatoms. The summed E-state index contributed by atoms with van der Waals surface area (Å²) in [6.45, 7) is 4.41. The molecular formula is C17H15ClN2O. The van der Waals surface area contributed by atoms with Crippen molar-refractivity contribution in [3.05, 3.63) is 72.3 Å². The summed E-state index contributed by atoms with van der Waals surface area (Å²) in [5, 5.41) is 0.704. The first-order valence-electron chi connectivity index (χ1n) is 6.72. The van der Waals surface area contributed by atoms with Gasteiger partial charge in [0.15, 0.2) is 0 Å². The van der Waals surface area contributed by atoms with Crippen molar-refractivity contribution in [1.29, 1.82) is 0 Å². The van der Waals surface area contributed by atoms with Crippen LogP contribution in [0.4, 0.5) is 11.4 Å². The Bertz CT molecular complexity index is 652. The lowest BCUT2D eigenvalue weighted by molar-refractivity contribution is 0.339. The Morgan fingerprint density at radius 2 is 1.86 bits per heavy atom. The average molecular weight is 299 g/mol. The average Bonchev–Trinajstić information content (AvgIpc) is 2.92. The minimum absolute atomic E-state index is 0.0636. The van der Waals surface area contributed by atoms with Crippen molar-refractivity contribution in [3.8, 4) is 0 Å². The van der Waals surface area contributed by atoms with Gasteiger partial charge in [0.25, 0.3) is 6.02 Å². The number of halogens is 1. The van der Waals surface area contributed by atoms with Crippen LogP contribution >= 0.6 is 11.6 Å². The molecule has 21 heavy (non-hydrogen) atoms. The van der Waals surface area contributed by atoms with Gasteiger partial charge in [-0.05, 0) is 36.4 Å². The minimum atomic E-state index is 0.0636. The predicted octanol–water partition coefficient (Wildman–Crippen LogP) is 4.42. The Kier molecular flexibility index (Phi) is 3.93. The van der Waals surface area contributed by atoms with Crippen LogP contribution in [-0.2, 0) is 4.74 Å². The molecule has 0 N–H and O–H groups in total. The molecule has 3 nitrogen and oxygen atoms in total. The molecule has 106 valence electrons. The second kappa shape index (κ2) is 6.02. The van der Waals surface area contributed by atoms with Crippen LogP contribution in [0.5, 0.6) is 0 Å². The van der Waals surface area contributed by atoms with Crippen LogP contribution in [0.2, 0.25) is 5.02 Å². The highest BCUT2D eigenvalue weighted by molar-refractivity contribution is 6.30. The number of hydrogen-bond donors (Lipinski definition) is 0. The second-order valence-corrected chi connectivity index (χ2v) is 5.13. The maximum atomic E-state index is 5.95. The van der Waals surface area contributed by atoms with Crippen LogP contribution in [0, 0.1) is 0 Å². The third-order valence-electron chi connectivity index (χ3n) is 3.28. The van der Waals surface area contributed by atoms with E-state index in [-0.39, 0.29) is 6.04 Å². The normalized spacial score (nSPS) is 19.6. The Morgan fingerprint density at radius 3 is 2.52 bits per heavy atom. The number of ether oxygens (including phenoxy) is 1. The number of benzene rings is 2. The van der Waals surface area contributed by atoms with Gasteiger partial charge in [0.2, 0.25) is 0 Å². The summed E-state index contributed by atoms with van der Waals surface area (Å²) < 4.78 is 5.73. The van der Waals surface area contributed by atoms with Crippen molar-refractivity contribution in [2.24, 2.45) is 4.99 Å². The van der Waals surface area contributed by atoms with Crippen molar-refractivity contribution in [3.63, 3.8) is 0 Å². The number of anilines is 1. The van der Waals surface area contributed by atoms with Gasteiger partial charge < -0.3 is 4.74 Å². The van der Waals surface area contributed by atoms with Gasteiger partial charge in [-0.2, -0.15) is 4.99 Å². The van der Waals surface area contributed by atoms with Gasteiger partial charge in [-0.1, -0.05) is 35.9 Å². The fourth-order valence-corrected chi connectivity index (χ4v) is 2.35. The van der Waals surface area contributed by atoms with E-state index in [1.807, 2.05) is 65.6 Å². The summed E-state index contributed by atoms with van der Waals surface area (Å²) in [5.41, 5.74) is 1.84. The van der Waals surface area contributed by atoms with E-state index >= 15 is 0 Å². The van der Waals surface area contributed by atoms with E-state index < -0.39 is 0 Å². The zero-order valence-electron chi connectivity index (χ0n) is 11.4. The van der Waals surface area contributed by atoms with Gasteiger partial charge in [0.1, 0.15) is 6.61 Å². The third kappa shape index (κ3) is 2.93. The molecule has 1 fully saturated rings. The standard InChI is InChI=1S/C17H15ClN2O/c1-2-15-12-21-17(19-14-6-4-3-5-7-14)20(15)16-10-8-13(18)9-11-16/h2-11,15H,1,12H2. The lowest BCUT2D eigenvalue weighted by Crippen LogP contribution is -2.32. The van der Waals surface area contributed by atoms with Crippen molar-refractivity contribution < 1.29 is 4.74 Å². The fraction of sp³-hybridized carbons (Fsp3) is 0.118. The maximum absolute atomic E-state index is 5.95. The van der Waals surface area contributed by atoms with Crippen molar-refractivity contribution in [2.45, 2.75) is 6.04 Å². The summed E-state index contributed by atoms with van der Waals surface area (Å²) in [4.78, 5) is 6.60. The van der Waals surface area contributed by atoms with Crippen molar-refractivity contribution in [1.82, 2.24) is 0 Å². The van der Waals surface area contributed by atoms with Gasteiger partial charge in [-0.15, -0.1) is 6.58 Å². The monoisotopic (exact) mass is 298 g/mol. The molecule has 0 spiro atoms. The highest BCUT2D eigenvalue weighted by Crippen LogP contribution is 2.26. The molecule has 0 radical (unpaired) electrons. The molecule has 3 rings (SSSR count). The molecule has 1 aliphatic heterocycles. The topological polar surface area (TPSA) is 24.8 Å². The molecule has 1 unspecified atom stereocenters. The molecule has 2 aromatic carbocycles. The van der Waals surface area contributed by atoms with E-state index in [4.69, 9.17) is 16.3 Å². The predicted molar refractivity (Wildman–Crippen MR) is 87.4 cm³/mol. The molecule has 0 saturated carbocycles. The quantitative estimate of drug-likeness (QED) is 0.784. The largest absolute Gasteiger partial charge is 0.462 e. The Hall–Kier alpha value is -2.26. The smallest absolute Gasteiger partial charge is 0.297 e. The van der Waals surface area contributed by atoms with Crippen molar-refractivity contribution in [2.75, 3.05) is 11.5 Å². The number of para-hydroxylation sites is 1. The van der Waals surface area contributed by atoms with Crippen LogP contribution < -0.4 is 4.90 Å². The highest BCUT2D eigenvalue weighted by Gasteiger charge is 2.30. The van der Waals surface area contributed by atoms with Crippen LogP contribution in [0.3, 0.4) is 0 Å². The number of amidine groups is 1. The van der Waals surface area contributed by atoms with E-state index in [1.165, 1.54) is 0 Å². The number of hydrogen-bond acceptors (Lipinski definition) is 2. The lowest BCUT2D eigenvalue weighted by atomic mass is 10.2. The lowest BCUT2D eigenvalue weighted by Gasteiger charge is -2.21. The summed E-state index contributed by atoms with van der Waals surface area (Å²) in [6, 6.07) is 18.0. The summed E-state index contributed by atoms with van der Waals surface area (Å²) in [5.74, 6) is 0. The van der Waals surface area contributed by atoms with Gasteiger partial charge in [0, 0.05) is 10.7 Å². The van der Waals surface area contributed by atoms with Crippen molar-refractivity contribution >= 4 is 29.0 Å². The summed E-state index contributed by atoms with van der Waals surface area (Å²) in [7, 11) is 0. The number of rotatable bonds is 3. The molecule has 1 heterocycles. The molecule has 1 saturated heterocycles. The minimum Gasteiger partial charge on any atom is -0.462 e. The van der Waals surface area contributed by atoms with E-state index in [0.717, 1.165) is 11.4 Å². The molecule has 0 aromatic heterocycles. The zero-order chi connectivity index (χ0) is 14.7. The number of aliphatic imine (C=N–C) groups is 1. The van der Waals surface area contributed by atoms with Crippen LogP contribution in [0.15, 0.2) is 72.2 Å². The summed E-state index contributed by atoms with van der Waals surface area (Å²) >= 11 is 5.95. The van der Waals surface area contributed by atoms with Gasteiger partial charge in [0.05, 0.1) is 11.7 Å². The van der Waals surface area contributed by atoms with E-state index in [2.05, 4.69) is 11.6 Å². The zero-order valence-corrected chi connectivity index (χ0v) is 12.2. The molecular weight excluding hydrogens is 284 g/mol. The Morgan fingerprint density at radius 1 is 1.14 bits per heavy atom. The van der Waals surface area contributed by atoms with Gasteiger partial charge in [-0.3, -0.25) is 4.90 Å². The van der Waals surface area contributed by atoms with E-state index in [9.17, 15) is 0 Å². The second-order valence-electron chi connectivity index (χ2n) is 4.69. The molecule has 1 aliphatic rings. The first kappa shape index (κ1) is 13.7. The number of nitrogens with zero attached hydrogens (tertiary/aromatic N) is 2. The molecule has 1 atom stereocenters. The molecule has 0 bridgehead atoms. The molecule has 2 aromatic rings. The van der Waals surface area contributed by atoms with E-state index in [1.54, 1.807) is 0 Å². The molecule has 0 amide bonds. The maximum Gasteiger partial charge on any atom is 0.297 e. The van der Waals surface area contributed by atoms with E-state index in [0.29, 0.717) is 17.7 Å². The fourth-order valence-electron chi connectivity index (χ4n) is 2.22. The van der Waals surface area contributed by atoms with Crippen LogP contribution in [0.1, 0.15) is 0 Å². The summed E-state index contributed by atoms with van der Waals surface area (Å²) in [6.07, 6.45) is 1.86. The first-order valence-corrected chi connectivity index (χ1v) is 7.09. The first-order chi connectivity index (χ1) is 10.3. The van der Waals surface area contributed by atoms with Gasteiger partial charge in [-0.25, -0.2) is 0 Å². The van der Waals surface area contributed by atoms with Gasteiger partial charge >= 0.3 is 0 Å².